The van der Waals surface area contributed by atoms with E-state index in [1.165, 1.54) is 0 Å². The van der Waals surface area contributed by atoms with Gasteiger partial charge in [0, 0.05) is 12.8 Å². The zero-order valence-corrected chi connectivity index (χ0v) is 12.5. The van der Waals surface area contributed by atoms with Gasteiger partial charge in [0.05, 0.1) is 25.4 Å². The third-order valence-electron chi connectivity index (χ3n) is 3.67. The first kappa shape index (κ1) is 15.5. The summed E-state index contributed by atoms with van der Waals surface area (Å²) in [5.41, 5.74) is 0. The molecule has 1 aliphatic carbocycles. The van der Waals surface area contributed by atoms with Crippen LogP contribution in [0.3, 0.4) is 0 Å². The third-order valence-corrected chi connectivity index (χ3v) is 4.44. The Balaban J connectivity index is 2.02. The molecule has 20 heavy (non-hydrogen) atoms. The molecule has 0 unspecified atom stereocenters. The van der Waals surface area contributed by atoms with E-state index in [0.29, 0.717) is 19.8 Å². The van der Waals surface area contributed by atoms with Gasteiger partial charge in [-0.1, -0.05) is 6.08 Å². The van der Waals surface area contributed by atoms with Crippen molar-refractivity contribution in [3.8, 4) is 0 Å². The molecule has 114 valence electrons. The molecule has 1 aliphatic heterocycles. The van der Waals surface area contributed by atoms with Crippen LogP contribution in [0.4, 0.5) is 0 Å². The number of carbonyl (C=O) groups is 1. The Bertz CT molecular complexity index is 475. The quantitative estimate of drug-likeness (QED) is 0.668. The molecule has 1 saturated carbocycles. The fraction of sp³-hybridized carbons (Fsp3) is 0.769. The maximum Gasteiger partial charge on any atom is 0.238 e. The highest BCUT2D eigenvalue weighted by atomic mass is 32.2. The number of nitrogens with zero attached hydrogens (tertiary/aromatic N) is 1. The first-order valence-corrected chi connectivity index (χ1v) is 8.79. The summed E-state index contributed by atoms with van der Waals surface area (Å²) >= 11 is 0. The van der Waals surface area contributed by atoms with Gasteiger partial charge in [0.25, 0.3) is 0 Å². The van der Waals surface area contributed by atoms with Crippen LogP contribution in [-0.4, -0.2) is 69.2 Å². The molecule has 0 radical (unpaired) electrons. The van der Waals surface area contributed by atoms with Gasteiger partial charge in [-0.15, -0.1) is 6.58 Å². The van der Waals surface area contributed by atoms with E-state index in [-0.39, 0.29) is 24.2 Å². The van der Waals surface area contributed by atoms with Gasteiger partial charge < -0.3 is 14.4 Å². The number of hydrogen-bond donors (Lipinski definition) is 0. The number of rotatable bonds is 5. The molecule has 2 aliphatic rings. The highest BCUT2D eigenvalue weighted by molar-refractivity contribution is 7.91. The lowest BCUT2D eigenvalue weighted by atomic mass is 10.1. The van der Waals surface area contributed by atoms with Gasteiger partial charge in [-0.2, -0.15) is 0 Å². The van der Waals surface area contributed by atoms with Crippen LogP contribution in [0.15, 0.2) is 12.7 Å². The van der Waals surface area contributed by atoms with Crippen LogP contribution in [0.2, 0.25) is 0 Å². The molecule has 2 rings (SSSR count). The van der Waals surface area contributed by atoms with Crippen molar-refractivity contribution in [3.05, 3.63) is 12.7 Å². The molecule has 1 saturated heterocycles. The van der Waals surface area contributed by atoms with E-state index < -0.39 is 15.6 Å². The second-order valence-corrected chi connectivity index (χ2v) is 7.44. The Morgan fingerprint density at radius 2 is 2.25 bits per heavy atom. The first-order chi connectivity index (χ1) is 9.42. The van der Waals surface area contributed by atoms with Crippen LogP contribution >= 0.6 is 0 Å². The standard InChI is InChI=1S/C13H21NO5S/c1-3-7-18-11-5-4-10-13(11)19-8-6-14(10)12(15)9-20(2,16)17/h3,10-11,13H,1,4-9H2,2H3/t10-,11-,13-/m0/s1. The Kier molecular flexibility index (Phi) is 4.82. The van der Waals surface area contributed by atoms with Gasteiger partial charge in [0.2, 0.25) is 5.91 Å². The predicted molar refractivity (Wildman–Crippen MR) is 74.1 cm³/mol. The van der Waals surface area contributed by atoms with Crippen molar-refractivity contribution in [2.45, 2.75) is 31.1 Å². The van der Waals surface area contributed by atoms with E-state index in [4.69, 9.17) is 9.47 Å². The molecule has 0 aromatic heterocycles. The zero-order chi connectivity index (χ0) is 14.8. The molecule has 3 atom stereocenters. The number of amides is 1. The molecule has 2 fully saturated rings. The molecule has 1 heterocycles. The number of carbonyl (C=O) groups excluding carboxylic acids is 1. The van der Waals surface area contributed by atoms with Crippen molar-refractivity contribution in [3.63, 3.8) is 0 Å². The van der Waals surface area contributed by atoms with Crippen molar-refractivity contribution >= 4 is 15.7 Å². The summed E-state index contributed by atoms with van der Waals surface area (Å²) in [5.74, 6) is -0.774. The van der Waals surface area contributed by atoms with Crippen LogP contribution < -0.4 is 0 Å². The van der Waals surface area contributed by atoms with Crippen molar-refractivity contribution in [1.82, 2.24) is 4.90 Å². The zero-order valence-electron chi connectivity index (χ0n) is 11.7. The summed E-state index contributed by atoms with van der Waals surface area (Å²) in [6.07, 6.45) is 4.14. The van der Waals surface area contributed by atoms with Gasteiger partial charge in [0.15, 0.2) is 9.84 Å². The first-order valence-electron chi connectivity index (χ1n) is 6.73. The number of fused-ring (bicyclic) bond motifs is 1. The lowest BCUT2D eigenvalue weighted by Crippen LogP contribution is -2.55. The molecular formula is C13H21NO5S. The van der Waals surface area contributed by atoms with Crippen LogP contribution in [0, 0.1) is 0 Å². The second-order valence-electron chi connectivity index (χ2n) is 5.30. The minimum Gasteiger partial charge on any atom is -0.372 e. The van der Waals surface area contributed by atoms with E-state index in [9.17, 15) is 13.2 Å². The maximum atomic E-state index is 12.1. The Hall–Kier alpha value is -0.920. The average Bonchev–Trinajstić information content (AvgIpc) is 2.77. The van der Waals surface area contributed by atoms with E-state index >= 15 is 0 Å². The van der Waals surface area contributed by atoms with E-state index in [1.807, 2.05) is 0 Å². The summed E-state index contributed by atoms with van der Waals surface area (Å²) < 4.78 is 33.9. The van der Waals surface area contributed by atoms with Gasteiger partial charge in [-0.25, -0.2) is 8.42 Å². The number of hydrogen-bond acceptors (Lipinski definition) is 5. The maximum absolute atomic E-state index is 12.1. The van der Waals surface area contributed by atoms with Crippen molar-refractivity contribution in [1.29, 1.82) is 0 Å². The van der Waals surface area contributed by atoms with E-state index in [1.54, 1.807) is 11.0 Å². The Labute approximate surface area is 119 Å². The summed E-state index contributed by atoms with van der Waals surface area (Å²) in [5, 5.41) is 0. The summed E-state index contributed by atoms with van der Waals surface area (Å²) in [6, 6.07) is -0.0761. The van der Waals surface area contributed by atoms with Crippen molar-refractivity contribution in [2.24, 2.45) is 0 Å². The lowest BCUT2D eigenvalue weighted by Gasteiger charge is -2.39. The fourth-order valence-electron chi connectivity index (χ4n) is 2.90. The predicted octanol–water partition coefficient (Wildman–Crippen LogP) is -0.00800. The summed E-state index contributed by atoms with van der Waals surface area (Å²) in [6.45, 7) is 4.93. The molecule has 7 heteroatoms. The SMILES string of the molecule is C=CCO[C@H]1CC[C@H]2[C@@H]1OCCN2C(=O)CS(C)(=O)=O. The molecule has 0 N–H and O–H groups in total. The Morgan fingerprint density at radius 3 is 2.90 bits per heavy atom. The van der Waals surface area contributed by atoms with Gasteiger partial charge >= 0.3 is 0 Å². The number of ether oxygens (including phenoxy) is 2. The highest BCUT2D eigenvalue weighted by Gasteiger charge is 2.45. The molecule has 0 bridgehead atoms. The molecule has 0 aromatic carbocycles. The topological polar surface area (TPSA) is 72.9 Å². The number of sulfone groups is 1. The minimum atomic E-state index is -3.31. The lowest BCUT2D eigenvalue weighted by molar-refractivity contribution is -0.148. The molecular weight excluding hydrogens is 282 g/mol. The minimum absolute atomic E-state index is 0.0492. The molecule has 0 spiro atoms. The van der Waals surface area contributed by atoms with Gasteiger partial charge in [-0.3, -0.25) is 4.79 Å². The van der Waals surface area contributed by atoms with Crippen LogP contribution in [-0.2, 0) is 24.1 Å². The van der Waals surface area contributed by atoms with E-state index in [2.05, 4.69) is 6.58 Å². The van der Waals surface area contributed by atoms with Crippen molar-refractivity contribution < 1.29 is 22.7 Å². The van der Waals surface area contributed by atoms with Crippen LogP contribution in [0.25, 0.3) is 0 Å². The highest BCUT2D eigenvalue weighted by Crippen LogP contribution is 2.32. The van der Waals surface area contributed by atoms with Crippen LogP contribution in [0.1, 0.15) is 12.8 Å². The largest absolute Gasteiger partial charge is 0.372 e. The Morgan fingerprint density at radius 1 is 1.50 bits per heavy atom. The monoisotopic (exact) mass is 303 g/mol. The van der Waals surface area contributed by atoms with Crippen molar-refractivity contribution in [2.75, 3.05) is 31.8 Å². The average molecular weight is 303 g/mol. The molecule has 0 aromatic rings. The fourth-order valence-corrected chi connectivity index (χ4v) is 3.52. The van der Waals surface area contributed by atoms with Gasteiger partial charge in [0.1, 0.15) is 11.9 Å². The normalized spacial score (nSPS) is 30.1. The van der Waals surface area contributed by atoms with Gasteiger partial charge in [-0.05, 0) is 12.8 Å². The smallest absolute Gasteiger partial charge is 0.238 e. The number of morpholine rings is 1. The second kappa shape index (κ2) is 6.24. The molecule has 1 amide bonds. The summed E-state index contributed by atoms with van der Waals surface area (Å²) in [7, 11) is -3.31. The summed E-state index contributed by atoms with van der Waals surface area (Å²) in [4.78, 5) is 13.8. The van der Waals surface area contributed by atoms with Crippen LogP contribution in [0.5, 0.6) is 0 Å². The molecule has 6 nitrogen and oxygen atoms in total. The third kappa shape index (κ3) is 3.59. The van der Waals surface area contributed by atoms with E-state index in [0.717, 1.165) is 19.1 Å².